The van der Waals surface area contributed by atoms with E-state index >= 15 is 0 Å². The molecule has 0 aliphatic heterocycles. The largest absolute Gasteiger partial charge is 0.454 e. The Kier molecular flexibility index (Phi) is 4.87. The summed E-state index contributed by atoms with van der Waals surface area (Å²) in [5.41, 5.74) is 8.86. The molecule has 4 nitrogen and oxygen atoms in total. The number of benzene rings is 6. The smallest absolute Gasteiger partial charge is 0.235 e. The fraction of sp³-hybridized carbons (Fsp3) is 0. The van der Waals surface area contributed by atoms with Crippen molar-refractivity contribution >= 4 is 54.6 Å². The van der Waals surface area contributed by atoms with Gasteiger partial charge in [-0.1, -0.05) is 115 Å². The highest BCUT2D eigenvalue weighted by Gasteiger charge is 2.24. The first-order valence-corrected chi connectivity index (χ1v) is 14.1. The van der Waals surface area contributed by atoms with Gasteiger partial charge >= 0.3 is 0 Å². The van der Waals surface area contributed by atoms with Crippen LogP contribution >= 0.6 is 0 Å². The van der Waals surface area contributed by atoms with E-state index in [1.165, 1.54) is 0 Å². The van der Waals surface area contributed by atoms with E-state index in [1.54, 1.807) is 0 Å². The maximum absolute atomic E-state index is 6.67. The van der Waals surface area contributed by atoms with E-state index in [9.17, 15) is 0 Å². The minimum atomic E-state index is 0.616. The molecule has 9 aromatic rings. The topological polar surface area (TPSA) is 43.9 Å². The van der Waals surface area contributed by atoms with Crippen LogP contribution in [0.3, 0.4) is 0 Å². The molecule has 0 saturated carbocycles. The Morgan fingerprint density at radius 2 is 1.17 bits per heavy atom. The maximum atomic E-state index is 6.67. The van der Waals surface area contributed by atoms with Crippen LogP contribution < -0.4 is 0 Å². The van der Waals surface area contributed by atoms with E-state index < -0.39 is 0 Å². The van der Waals surface area contributed by atoms with E-state index in [2.05, 4.69) is 114 Å². The minimum absolute atomic E-state index is 0.616. The van der Waals surface area contributed by atoms with Crippen LogP contribution in [-0.4, -0.2) is 14.5 Å². The Balaban J connectivity index is 1.51. The molecule has 0 amide bonds. The summed E-state index contributed by atoms with van der Waals surface area (Å²) < 4.78 is 8.87. The van der Waals surface area contributed by atoms with Gasteiger partial charge in [0.25, 0.3) is 0 Å². The zero-order chi connectivity index (χ0) is 27.6. The van der Waals surface area contributed by atoms with Gasteiger partial charge in [0.1, 0.15) is 11.1 Å². The highest BCUT2D eigenvalue weighted by atomic mass is 16.3. The summed E-state index contributed by atoms with van der Waals surface area (Å²) in [5, 5.41) is 5.44. The van der Waals surface area contributed by atoms with Gasteiger partial charge in [-0.2, -0.15) is 0 Å². The van der Waals surface area contributed by atoms with Crippen molar-refractivity contribution in [1.82, 2.24) is 14.5 Å². The van der Waals surface area contributed by atoms with Crippen LogP contribution in [0.1, 0.15) is 0 Å². The molecule has 6 aromatic carbocycles. The Labute approximate surface area is 241 Å². The molecule has 0 atom stereocenters. The van der Waals surface area contributed by atoms with Gasteiger partial charge in [-0.25, -0.2) is 9.97 Å². The second kappa shape index (κ2) is 8.88. The summed E-state index contributed by atoms with van der Waals surface area (Å²) >= 11 is 0. The Hall–Kier alpha value is -5.74. The van der Waals surface area contributed by atoms with Crippen molar-refractivity contribution in [1.29, 1.82) is 0 Å². The number of furan rings is 1. The lowest BCUT2D eigenvalue weighted by atomic mass is 9.97. The standard InChI is InChI=1S/C38H23N3O/c1-3-13-24(14-4-1)29-23-30-26-17-9-12-22-33(26)42-37(30)36-34(29)28-19-8-11-21-32(28)41(36)38-39-31-20-10-7-18-27(31)35(40-38)25-15-5-2-6-16-25/h1-23H. The molecule has 0 saturated heterocycles. The number of fused-ring (bicyclic) bond motifs is 8. The van der Waals surface area contributed by atoms with Crippen molar-refractivity contribution < 1.29 is 4.42 Å². The molecule has 3 heterocycles. The van der Waals surface area contributed by atoms with Crippen LogP contribution in [0.5, 0.6) is 0 Å². The lowest BCUT2D eigenvalue weighted by Gasteiger charge is -2.12. The molecule has 0 fully saturated rings. The zero-order valence-corrected chi connectivity index (χ0v) is 22.5. The lowest BCUT2D eigenvalue weighted by Crippen LogP contribution is -2.03. The van der Waals surface area contributed by atoms with Gasteiger partial charge in [0.2, 0.25) is 5.95 Å². The molecule has 4 heteroatoms. The predicted octanol–water partition coefficient (Wildman–Crippen LogP) is 9.96. The van der Waals surface area contributed by atoms with E-state index in [1.807, 2.05) is 30.3 Å². The fourth-order valence-corrected chi connectivity index (χ4v) is 6.36. The Morgan fingerprint density at radius 1 is 0.524 bits per heavy atom. The zero-order valence-electron chi connectivity index (χ0n) is 22.5. The molecule has 0 unspecified atom stereocenters. The molecule has 0 N–H and O–H groups in total. The van der Waals surface area contributed by atoms with Gasteiger partial charge in [-0.05, 0) is 35.4 Å². The monoisotopic (exact) mass is 537 g/mol. The van der Waals surface area contributed by atoms with Gasteiger partial charge < -0.3 is 4.42 Å². The third kappa shape index (κ3) is 3.29. The van der Waals surface area contributed by atoms with Crippen LogP contribution in [0.25, 0.3) is 83.0 Å². The van der Waals surface area contributed by atoms with E-state index in [4.69, 9.17) is 14.4 Å². The molecule has 42 heavy (non-hydrogen) atoms. The summed E-state index contributed by atoms with van der Waals surface area (Å²) in [6.45, 7) is 0. The second-order valence-electron chi connectivity index (χ2n) is 10.6. The average Bonchev–Trinajstić information content (AvgIpc) is 3.61. The Morgan fingerprint density at radius 3 is 1.98 bits per heavy atom. The lowest BCUT2D eigenvalue weighted by molar-refractivity contribution is 0.671. The number of para-hydroxylation sites is 3. The molecule has 3 aromatic heterocycles. The van der Waals surface area contributed by atoms with Crippen LogP contribution in [0.4, 0.5) is 0 Å². The highest BCUT2D eigenvalue weighted by molar-refractivity contribution is 6.26. The number of hydrogen-bond acceptors (Lipinski definition) is 3. The number of nitrogens with zero attached hydrogens (tertiary/aromatic N) is 3. The van der Waals surface area contributed by atoms with Gasteiger partial charge in [0.15, 0.2) is 5.58 Å². The number of rotatable bonds is 3. The minimum Gasteiger partial charge on any atom is -0.454 e. The Bertz CT molecular complexity index is 2460. The van der Waals surface area contributed by atoms with Gasteiger partial charge in [0.05, 0.1) is 16.7 Å². The predicted molar refractivity (Wildman–Crippen MR) is 172 cm³/mol. The SMILES string of the molecule is c1ccc(-c2nc(-n3c4ccccc4c4c(-c5ccccc5)cc5c6ccccc6oc5c43)nc3ccccc23)cc1. The van der Waals surface area contributed by atoms with Gasteiger partial charge in [0, 0.05) is 32.5 Å². The average molecular weight is 538 g/mol. The molecule has 0 aliphatic carbocycles. The maximum Gasteiger partial charge on any atom is 0.235 e. The van der Waals surface area contributed by atoms with E-state index in [0.29, 0.717) is 5.95 Å². The molecule has 0 aliphatic rings. The summed E-state index contributed by atoms with van der Waals surface area (Å²) in [6, 6.07) is 48.2. The van der Waals surface area contributed by atoms with Crippen molar-refractivity contribution in [3.63, 3.8) is 0 Å². The summed E-state index contributed by atoms with van der Waals surface area (Å²) in [7, 11) is 0. The molecule has 0 radical (unpaired) electrons. The summed E-state index contributed by atoms with van der Waals surface area (Å²) in [6.07, 6.45) is 0. The number of aromatic nitrogens is 3. The van der Waals surface area contributed by atoms with Crippen molar-refractivity contribution in [3.8, 4) is 28.3 Å². The molecule has 9 rings (SSSR count). The normalized spacial score (nSPS) is 11.8. The number of hydrogen-bond donors (Lipinski definition) is 0. The van der Waals surface area contributed by atoms with E-state index in [0.717, 1.165) is 77.0 Å². The molecular weight excluding hydrogens is 514 g/mol. The molecular formula is C38H23N3O. The van der Waals surface area contributed by atoms with E-state index in [-0.39, 0.29) is 0 Å². The van der Waals surface area contributed by atoms with Crippen molar-refractivity contribution in [2.24, 2.45) is 0 Å². The first kappa shape index (κ1) is 23.0. The van der Waals surface area contributed by atoms with Crippen LogP contribution in [0.15, 0.2) is 144 Å². The third-order valence-corrected chi connectivity index (χ3v) is 8.21. The van der Waals surface area contributed by atoms with Crippen LogP contribution in [-0.2, 0) is 0 Å². The van der Waals surface area contributed by atoms with Crippen molar-refractivity contribution in [2.75, 3.05) is 0 Å². The first-order valence-electron chi connectivity index (χ1n) is 14.1. The van der Waals surface area contributed by atoms with Crippen molar-refractivity contribution in [2.45, 2.75) is 0 Å². The molecule has 196 valence electrons. The first-order chi connectivity index (χ1) is 20.8. The molecule has 0 spiro atoms. The van der Waals surface area contributed by atoms with Gasteiger partial charge in [-0.3, -0.25) is 4.57 Å². The highest BCUT2D eigenvalue weighted by Crippen LogP contribution is 2.45. The fourth-order valence-electron chi connectivity index (χ4n) is 6.36. The van der Waals surface area contributed by atoms with Crippen LogP contribution in [0, 0.1) is 0 Å². The summed E-state index contributed by atoms with van der Waals surface area (Å²) in [4.78, 5) is 10.5. The van der Waals surface area contributed by atoms with Crippen LogP contribution in [0.2, 0.25) is 0 Å². The summed E-state index contributed by atoms with van der Waals surface area (Å²) in [5.74, 6) is 0.616. The second-order valence-corrected chi connectivity index (χ2v) is 10.6. The third-order valence-electron chi connectivity index (χ3n) is 8.21. The van der Waals surface area contributed by atoms with Crippen molar-refractivity contribution in [3.05, 3.63) is 140 Å². The molecule has 0 bridgehead atoms. The van der Waals surface area contributed by atoms with Gasteiger partial charge in [-0.15, -0.1) is 0 Å². The quantitative estimate of drug-likeness (QED) is 0.225.